The summed E-state index contributed by atoms with van der Waals surface area (Å²) < 4.78 is 5.49. The molecule has 1 aromatic carbocycles. The highest BCUT2D eigenvalue weighted by Gasteiger charge is 1.99. The fourth-order valence-corrected chi connectivity index (χ4v) is 2.24. The third-order valence-electron chi connectivity index (χ3n) is 2.60. The first-order valence-electron chi connectivity index (χ1n) is 5.95. The summed E-state index contributed by atoms with van der Waals surface area (Å²) in [5, 5.41) is 5.21. The van der Waals surface area contributed by atoms with Gasteiger partial charge in [0.05, 0.1) is 13.3 Å². The summed E-state index contributed by atoms with van der Waals surface area (Å²) in [6, 6.07) is 11.3. The van der Waals surface area contributed by atoms with E-state index >= 15 is 0 Å². The Morgan fingerprint density at radius 1 is 1.26 bits per heavy atom. The number of carbonyl (C=O) groups excluding carboxylic acids is 1. The molecule has 0 aliphatic rings. The Balaban J connectivity index is 1.66. The van der Waals surface area contributed by atoms with Crippen molar-refractivity contribution in [3.8, 4) is 0 Å². The molecule has 0 aliphatic heterocycles. The number of nitrogens with one attached hydrogen (secondary N) is 1. The van der Waals surface area contributed by atoms with Crippen molar-refractivity contribution < 1.29 is 9.53 Å². The molecule has 1 heterocycles. The van der Waals surface area contributed by atoms with Gasteiger partial charge in [-0.1, -0.05) is 18.2 Å². The first kappa shape index (κ1) is 13.7. The minimum atomic E-state index is -0.404. The monoisotopic (exact) mass is 276 g/mol. The summed E-state index contributed by atoms with van der Waals surface area (Å²) in [5.41, 5.74) is 6.79. The molecular weight excluding hydrogens is 260 g/mol. The standard InChI is InChI=1S/C14H16N2O2S/c15-14(17)12-5-3-11(4-6-12)8-16-10-18-9-13-2-1-7-19-13/h1-7,16H,8-10H2,(H2,15,17). The fourth-order valence-electron chi connectivity index (χ4n) is 1.60. The van der Waals surface area contributed by atoms with E-state index in [9.17, 15) is 4.79 Å². The lowest BCUT2D eigenvalue weighted by molar-refractivity contribution is 0.1000. The van der Waals surface area contributed by atoms with Crippen molar-refractivity contribution in [2.75, 3.05) is 6.73 Å². The van der Waals surface area contributed by atoms with E-state index in [1.54, 1.807) is 23.5 Å². The van der Waals surface area contributed by atoms with Gasteiger partial charge in [0.25, 0.3) is 0 Å². The van der Waals surface area contributed by atoms with Gasteiger partial charge in [0, 0.05) is 17.0 Å². The smallest absolute Gasteiger partial charge is 0.248 e. The van der Waals surface area contributed by atoms with Gasteiger partial charge in [0.15, 0.2) is 0 Å². The topological polar surface area (TPSA) is 64.4 Å². The summed E-state index contributed by atoms with van der Waals surface area (Å²) in [6.45, 7) is 1.82. The molecule has 0 radical (unpaired) electrons. The summed E-state index contributed by atoms with van der Waals surface area (Å²) in [4.78, 5) is 12.1. The Bertz CT molecular complexity index is 509. The predicted molar refractivity (Wildman–Crippen MR) is 75.8 cm³/mol. The highest BCUT2D eigenvalue weighted by atomic mass is 32.1. The Kier molecular flexibility index (Phi) is 5.09. The van der Waals surface area contributed by atoms with Crippen LogP contribution in [-0.2, 0) is 17.9 Å². The number of carbonyl (C=O) groups is 1. The number of hydrogen-bond donors (Lipinski definition) is 2. The van der Waals surface area contributed by atoms with Crippen molar-refractivity contribution >= 4 is 17.2 Å². The second-order valence-corrected chi connectivity index (χ2v) is 5.09. The number of primary amides is 1. The molecule has 5 heteroatoms. The predicted octanol–water partition coefficient (Wildman–Crippen LogP) is 2.11. The average molecular weight is 276 g/mol. The molecule has 0 spiro atoms. The second kappa shape index (κ2) is 7.04. The van der Waals surface area contributed by atoms with Gasteiger partial charge in [0.1, 0.15) is 0 Å². The molecule has 2 rings (SSSR count). The van der Waals surface area contributed by atoms with Gasteiger partial charge < -0.3 is 10.5 Å². The molecule has 4 nitrogen and oxygen atoms in total. The van der Waals surface area contributed by atoms with E-state index in [1.807, 2.05) is 29.6 Å². The maximum Gasteiger partial charge on any atom is 0.248 e. The summed E-state index contributed by atoms with van der Waals surface area (Å²) >= 11 is 1.69. The van der Waals surface area contributed by atoms with Crippen LogP contribution in [0.25, 0.3) is 0 Å². The number of hydrogen-bond acceptors (Lipinski definition) is 4. The number of benzene rings is 1. The molecule has 0 saturated carbocycles. The van der Waals surface area contributed by atoms with Crippen molar-refractivity contribution in [2.24, 2.45) is 5.73 Å². The molecule has 100 valence electrons. The lowest BCUT2D eigenvalue weighted by Crippen LogP contribution is -2.17. The van der Waals surface area contributed by atoms with Crippen LogP contribution in [0.1, 0.15) is 20.8 Å². The molecule has 0 fully saturated rings. The van der Waals surface area contributed by atoms with E-state index in [2.05, 4.69) is 5.32 Å². The summed E-state index contributed by atoms with van der Waals surface area (Å²) in [7, 11) is 0. The zero-order valence-electron chi connectivity index (χ0n) is 10.5. The minimum absolute atomic E-state index is 0.404. The highest BCUT2D eigenvalue weighted by Crippen LogP contribution is 2.09. The second-order valence-electron chi connectivity index (χ2n) is 4.06. The van der Waals surface area contributed by atoms with Crippen LogP contribution < -0.4 is 11.1 Å². The molecule has 3 N–H and O–H groups in total. The zero-order valence-corrected chi connectivity index (χ0v) is 11.3. The maximum atomic E-state index is 10.9. The van der Waals surface area contributed by atoms with Crippen LogP contribution in [0, 0.1) is 0 Å². The van der Waals surface area contributed by atoms with Crippen LogP contribution in [0.5, 0.6) is 0 Å². The van der Waals surface area contributed by atoms with Crippen molar-refractivity contribution in [1.82, 2.24) is 5.32 Å². The van der Waals surface area contributed by atoms with Gasteiger partial charge in [-0.2, -0.15) is 0 Å². The van der Waals surface area contributed by atoms with E-state index in [0.717, 1.165) is 5.56 Å². The molecule has 1 aromatic heterocycles. The first-order chi connectivity index (χ1) is 9.25. The molecule has 0 saturated heterocycles. The summed E-state index contributed by atoms with van der Waals surface area (Å²) in [6.07, 6.45) is 0. The molecular formula is C14H16N2O2S. The SMILES string of the molecule is NC(=O)c1ccc(CNCOCc2cccs2)cc1. The van der Waals surface area contributed by atoms with E-state index in [0.29, 0.717) is 25.4 Å². The van der Waals surface area contributed by atoms with Gasteiger partial charge in [-0.3, -0.25) is 10.1 Å². The van der Waals surface area contributed by atoms with E-state index < -0.39 is 5.91 Å². The van der Waals surface area contributed by atoms with E-state index in [-0.39, 0.29) is 0 Å². The molecule has 0 unspecified atom stereocenters. The van der Waals surface area contributed by atoms with Crippen LogP contribution >= 0.6 is 11.3 Å². The lowest BCUT2D eigenvalue weighted by atomic mass is 10.1. The minimum Gasteiger partial charge on any atom is -0.366 e. The van der Waals surface area contributed by atoms with Crippen LogP contribution in [-0.4, -0.2) is 12.6 Å². The number of nitrogens with two attached hydrogens (primary N) is 1. The number of thiophene rings is 1. The van der Waals surface area contributed by atoms with Gasteiger partial charge in [-0.25, -0.2) is 0 Å². The van der Waals surface area contributed by atoms with Crippen LogP contribution in [0.4, 0.5) is 0 Å². The largest absolute Gasteiger partial charge is 0.366 e. The Morgan fingerprint density at radius 2 is 2.05 bits per heavy atom. The lowest BCUT2D eigenvalue weighted by Gasteiger charge is -2.06. The van der Waals surface area contributed by atoms with Gasteiger partial charge in [-0.05, 0) is 29.1 Å². The average Bonchev–Trinajstić information content (AvgIpc) is 2.92. The first-order valence-corrected chi connectivity index (χ1v) is 6.83. The van der Waals surface area contributed by atoms with Crippen molar-refractivity contribution in [3.63, 3.8) is 0 Å². The van der Waals surface area contributed by atoms with Crippen molar-refractivity contribution in [1.29, 1.82) is 0 Å². The molecule has 2 aromatic rings. The molecule has 0 bridgehead atoms. The van der Waals surface area contributed by atoms with Gasteiger partial charge in [-0.15, -0.1) is 11.3 Å². The third-order valence-corrected chi connectivity index (χ3v) is 3.45. The van der Waals surface area contributed by atoms with Crippen LogP contribution in [0.2, 0.25) is 0 Å². The zero-order chi connectivity index (χ0) is 13.5. The molecule has 19 heavy (non-hydrogen) atoms. The molecule has 0 atom stereocenters. The quantitative estimate of drug-likeness (QED) is 0.601. The number of ether oxygens (including phenoxy) is 1. The Morgan fingerprint density at radius 3 is 2.68 bits per heavy atom. The van der Waals surface area contributed by atoms with Crippen molar-refractivity contribution in [2.45, 2.75) is 13.2 Å². The Labute approximate surface area is 116 Å². The highest BCUT2D eigenvalue weighted by molar-refractivity contribution is 7.09. The Hall–Kier alpha value is -1.69. The van der Waals surface area contributed by atoms with Gasteiger partial charge in [0.2, 0.25) is 5.91 Å². The van der Waals surface area contributed by atoms with Crippen LogP contribution in [0.3, 0.4) is 0 Å². The molecule has 1 amide bonds. The van der Waals surface area contributed by atoms with Crippen molar-refractivity contribution in [3.05, 3.63) is 57.8 Å². The fraction of sp³-hybridized carbons (Fsp3) is 0.214. The number of amides is 1. The normalized spacial score (nSPS) is 10.5. The van der Waals surface area contributed by atoms with Crippen LogP contribution in [0.15, 0.2) is 41.8 Å². The van der Waals surface area contributed by atoms with E-state index in [1.165, 1.54) is 4.88 Å². The van der Waals surface area contributed by atoms with Gasteiger partial charge >= 0.3 is 0 Å². The maximum absolute atomic E-state index is 10.9. The molecule has 0 aliphatic carbocycles. The third kappa shape index (κ3) is 4.48. The summed E-state index contributed by atoms with van der Waals surface area (Å²) in [5.74, 6) is -0.404. The van der Waals surface area contributed by atoms with E-state index in [4.69, 9.17) is 10.5 Å². The number of rotatable bonds is 7.